The number of hydrogen-bond donors (Lipinski definition) is 1. The third-order valence-electron chi connectivity index (χ3n) is 5.40. The third-order valence-corrected chi connectivity index (χ3v) is 5.40. The van der Waals surface area contributed by atoms with E-state index in [1.807, 2.05) is 17.0 Å². The van der Waals surface area contributed by atoms with Crippen molar-refractivity contribution in [3.05, 3.63) is 29.8 Å². The Morgan fingerprint density at radius 2 is 1.82 bits per heavy atom. The first-order valence-electron chi connectivity index (χ1n) is 10.2. The van der Waals surface area contributed by atoms with Crippen LogP contribution in [0.5, 0.6) is 5.75 Å². The van der Waals surface area contributed by atoms with Crippen LogP contribution < -0.4 is 10.1 Å². The highest BCUT2D eigenvalue weighted by molar-refractivity contribution is 5.98. The molecular weight excluding hydrogens is 378 g/mol. The third kappa shape index (κ3) is 6.19. The van der Waals surface area contributed by atoms with Crippen molar-refractivity contribution in [2.75, 3.05) is 45.9 Å². The van der Waals surface area contributed by atoms with Crippen LogP contribution in [0.1, 0.15) is 43.0 Å². The molecule has 1 aromatic carbocycles. The minimum Gasteiger partial charge on any atom is -0.494 e. The average molecular weight is 410 g/mol. The lowest BCUT2D eigenvalue weighted by atomic mass is 10.1. The summed E-state index contributed by atoms with van der Waals surface area (Å²) in [7, 11) is 0. The highest BCUT2D eigenvalue weighted by Gasteiger charge is 2.30. The first-order chi connectivity index (χ1) is 13.2. The summed E-state index contributed by atoms with van der Waals surface area (Å²) in [6.45, 7) is 8.52. The minimum atomic E-state index is 0. The molecule has 0 aliphatic carbocycles. The topological polar surface area (TPSA) is 61.9 Å². The highest BCUT2D eigenvalue weighted by atomic mass is 35.5. The first-order valence-corrected chi connectivity index (χ1v) is 10.2. The summed E-state index contributed by atoms with van der Waals surface area (Å²) in [5, 5.41) is 3.37. The van der Waals surface area contributed by atoms with Gasteiger partial charge >= 0.3 is 0 Å². The maximum absolute atomic E-state index is 12.5. The van der Waals surface area contributed by atoms with E-state index in [9.17, 15) is 9.59 Å². The number of ether oxygens (including phenoxy) is 1. The van der Waals surface area contributed by atoms with Crippen molar-refractivity contribution < 1.29 is 14.3 Å². The number of nitrogens with zero attached hydrogens (tertiary/aromatic N) is 2. The summed E-state index contributed by atoms with van der Waals surface area (Å²) in [6, 6.07) is 7.69. The Kier molecular flexibility index (Phi) is 9.22. The number of piperazine rings is 1. The smallest absolute Gasteiger partial charge is 0.223 e. The molecule has 156 valence electrons. The molecule has 2 aliphatic rings. The first kappa shape index (κ1) is 22.7. The normalized spacial score (nSPS) is 19.9. The Labute approximate surface area is 174 Å². The lowest BCUT2D eigenvalue weighted by molar-refractivity contribution is -0.130. The second kappa shape index (κ2) is 11.4. The lowest BCUT2D eigenvalue weighted by Crippen LogP contribution is -2.49. The van der Waals surface area contributed by atoms with Crippen LogP contribution in [0.2, 0.25) is 0 Å². The molecule has 6 nitrogen and oxygen atoms in total. The van der Waals surface area contributed by atoms with Crippen molar-refractivity contribution in [2.24, 2.45) is 0 Å². The van der Waals surface area contributed by atoms with Crippen molar-refractivity contribution in [2.45, 2.75) is 38.6 Å². The zero-order chi connectivity index (χ0) is 19.1. The summed E-state index contributed by atoms with van der Waals surface area (Å²) in [5.74, 6) is 0.896. The predicted molar refractivity (Wildman–Crippen MR) is 112 cm³/mol. The predicted octanol–water partition coefficient (Wildman–Crippen LogP) is 2.37. The van der Waals surface area contributed by atoms with Gasteiger partial charge in [0.25, 0.3) is 0 Å². The van der Waals surface area contributed by atoms with E-state index in [2.05, 4.69) is 17.1 Å². The zero-order valence-corrected chi connectivity index (χ0v) is 17.5. The Morgan fingerprint density at radius 1 is 1.11 bits per heavy atom. The van der Waals surface area contributed by atoms with Crippen LogP contribution in [0.4, 0.5) is 0 Å². The summed E-state index contributed by atoms with van der Waals surface area (Å²) in [5.41, 5.74) is 0.645. The number of amides is 1. The molecule has 0 aromatic heterocycles. The van der Waals surface area contributed by atoms with Crippen LogP contribution in [0.3, 0.4) is 0 Å². The number of likely N-dealkylation sites (tertiary alicyclic amines) is 1. The molecule has 28 heavy (non-hydrogen) atoms. The molecule has 2 fully saturated rings. The van der Waals surface area contributed by atoms with Gasteiger partial charge in [-0.3, -0.25) is 14.5 Å². The Hall–Kier alpha value is -1.63. The van der Waals surface area contributed by atoms with Gasteiger partial charge in [-0.05, 0) is 37.1 Å². The van der Waals surface area contributed by atoms with E-state index in [0.717, 1.165) is 57.9 Å². The van der Waals surface area contributed by atoms with E-state index in [1.54, 1.807) is 12.1 Å². The number of carbonyl (C=O) groups is 2. The molecule has 7 heteroatoms. The monoisotopic (exact) mass is 409 g/mol. The summed E-state index contributed by atoms with van der Waals surface area (Å²) >= 11 is 0. The number of halogens is 1. The van der Waals surface area contributed by atoms with Crippen molar-refractivity contribution in [1.29, 1.82) is 0 Å². The maximum Gasteiger partial charge on any atom is 0.223 e. The van der Waals surface area contributed by atoms with Gasteiger partial charge in [0.15, 0.2) is 5.78 Å². The van der Waals surface area contributed by atoms with Gasteiger partial charge < -0.3 is 15.0 Å². The fraction of sp³-hybridized carbons (Fsp3) is 0.619. The fourth-order valence-electron chi connectivity index (χ4n) is 3.79. The molecule has 1 amide bonds. The van der Waals surface area contributed by atoms with E-state index in [0.29, 0.717) is 24.6 Å². The quantitative estimate of drug-likeness (QED) is 0.668. The molecule has 1 N–H and O–H groups in total. The van der Waals surface area contributed by atoms with E-state index in [1.165, 1.54) is 0 Å². The average Bonchev–Trinajstić information content (AvgIpc) is 3.21. The highest BCUT2D eigenvalue weighted by Crippen LogP contribution is 2.19. The summed E-state index contributed by atoms with van der Waals surface area (Å²) in [4.78, 5) is 29.3. The molecular formula is C21H32ClN3O3. The van der Waals surface area contributed by atoms with Crippen molar-refractivity contribution >= 4 is 24.1 Å². The molecule has 2 saturated heterocycles. The van der Waals surface area contributed by atoms with Crippen LogP contribution in [0, 0.1) is 0 Å². The molecule has 0 spiro atoms. The van der Waals surface area contributed by atoms with Gasteiger partial charge in [0.1, 0.15) is 5.75 Å². The largest absolute Gasteiger partial charge is 0.494 e. The molecule has 1 unspecified atom stereocenters. The zero-order valence-electron chi connectivity index (χ0n) is 16.7. The van der Waals surface area contributed by atoms with Crippen LogP contribution in [-0.2, 0) is 4.79 Å². The number of ketones is 1. The molecule has 0 radical (unpaired) electrons. The number of Topliss-reactive ketones (excluding diaryl/α,β-unsaturated/α-hetero) is 1. The minimum absolute atomic E-state index is 0. The van der Waals surface area contributed by atoms with Gasteiger partial charge in [-0.1, -0.05) is 6.92 Å². The summed E-state index contributed by atoms with van der Waals surface area (Å²) in [6.07, 6.45) is 2.55. The van der Waals surface area contributed by atoms with Crippen molar-refractivity contribution in [3.63, 3.8) is 0 Å². The number of hydrogen-bond acceptors (Lipinski definition) is 5. The van der Waals surface area contributed by atoms with Crippen LogP contribution in [0.25, 0.3) is 0 Å². The molecule has 0 saturated carbocycles. The van der Waals surface area contributed by atoms with E-state index >= 15 is 0 Å². The number of carbonyl (C=O) groups excluding carboxylic acids is 2. The Balaban J connectivity index is 0.00000280. The van der Waals surface area contributed by atoms with Crippen LogP contribution in [-0.4, -0.2) is 73.4 Å². The number of nitrogens with one attached hydrogen (secondary N) is 1. The molecule has 1 aromatic rings. The van der Waals surface area contributed by atoms with Gasteiger partial charge in [0.2, 0.25) is 5.91 Å². The van der Waals surface area contributed by atoms with E-state index in [4.69, 9.17) is 4.74 Å². The van der Waals surface area contributed by atoms with E-state index in [-0.39, 0.29) is 30.5 Å². The SMILES string of the molecule is CCCOc1ccc(C(=O)CCC(=O)N2CCC(N3CCNCC3)C2)cc1.Cl. The van der Waals surface area contributed by atoms with Gasteiger partial charge in [-0.15, -0.1) is 12.4 Å². The molecule has 0 bridgehead atoms. The maximum atomic E-state index is 12.5. The number of rotatable bonds is 8. The van der Waals surface area contributed by atoms with Gasteiger partial charge in [0.05, 0.1) is 6.61 Å². The van der Waals surface area contributed by atoms with Crippen LogP contribution in [0.15, 0.2) is 24.3 Å². The fourth-order valence-corrected chi connectivity index (χ4v) is 3.79. The lowest BCUT2D eigenvalue weighted by Gasteiger charge is -2.32. The second-order valence-electron chi connectivity index (χ2n) is 7.36. The van der Waals surface area contributed by atoms with Gasteiger partial charge in [-0.2, -0.15) is 0 Å². The van der Waals surface area contributed by atoms with Gasteiger partial charge in [0, 0.05) is 63.7 Å². The Bertz CT molecular complexity index is 632. The second-order valence-corrected chi connectivity index (χ2v) is 7.36. The molecule has 2 aliphatic heterocycles. The van der Waals surface area contributed by atoms with Crippen LogP contribution >= 0.6 is 12.4 Å². The number of benzene rings is 1. The summed E-state index contributed by atoms with van der Waals surface area (Å²) < 4.78 is 5.54. The van der Waals surface area contributed by atoms with Crippen molar-refractivity contribution in [3.8, 4) is 5.75 Å². The van der Waals surface area contributed by atoms with Gasteiger partial charge in [-0.25, -0.2) is 0 Å². The Morgan fingerprint density at radius 3 is 2.50 bits per heavy atom. The molecule has 3 rings (SSSR count). The van der Waals surface area contributed by atoms with Crippen molar-refractivity contribution in [1.82, 2.24) is 15.1 Å². The standard InChI is InChI=1S/C21H31N3O3.ClH/c1-2-15-27-19-5-3-17(4-6-19)20(25)7-8-21(26)24-12-9-18(16-24)23-13-10-22-11-14-23;/h3-6,18,22H,2,7-16H2,1H3;1H. The molecule has 1 atom stereocenters. The van der Waals surface area contributed by atoms with E-state index < -0.39 is 0 Å². The molecule has 2 heterocycles.